The summed E-state index contributed by atoms with van der Waals surface area (Å²) in [4.78, 5) is 12.0. The maximum atomic E-state index is 12.0. The Kier molecular flexibility index (Phi) is 5.37. The van der Waals surface area contributed by atoms with E-state index in [1.54, 1.807) is 6.08 Å². The average Bonchev–Trinajstić information content (AvgIpc) is 2.51. The first-order valence-corrected chi connectivity index (χ1v) is 7.38. The number of nitrogens with one attached hydrogen (secondary N) is 1. The maximum absolute atomic E-state index is 12.0. The number of carbonyl (C=O) groups is 1. The molecule has 0 spiro atoms. The lowest BCUT2D eigenvalue weighted by molar-refractivity contribution is -0.111. The molecule has 0 aliphatic carbocycles. The van der Waals surface area contributed by atoms with Crippen LogP contribution in [0.3, 0.4) is 0 Å². The highest BCUT2D eigenvalue weighted by atomic mass is 16.5. The number of carbonyl (C=O) groups excluding carboxylic acids is 1. The van der Waals surface area contributed by atoms with Crippen LogP contribution in [0, 0.1) is 13.8 Å². The van der Waals surface area contributed by atoms with Crippen LogP contribution in [-0.4, -0.2) is 12.5 Å². The van der Waals surface area contributed by atoms with Gasteiger partial charge >= 0.3 is 0 Å². The van der Waals surface area contributed by atoms with Crippen LogP contribution in [0.15, 0.2) is 48.5 Å². The van der Waals surface area contributed by atoms with E-state index in [1.807, 2.05) is 63.2 Å². The Morgan fingerprint density at radius 3 is 2.55 bits per heavy atom. The molecule has 0 aliphatic heterocycles. The predicted molar refractivity (Wildman–Crippen MR) is 91.2 cm³/mol. The van der Waals surface area contributed by atoms with Gasteiger partial charge in [-0.2, -0.15) is 0 Å². The van der Waals surface area contributed by atoms with Crippen molar-refractivity contribution in [1.29, 1.82) is 0 Å². The lowest BCUT2D eigenvalue weighted by Gasteiger charge is -2.08. The van der Waals surface area contributed by atoms with Gasteiger partial charge in [-0.1, -0.05) is 24.3 Å². The highest BCUT2D eigenvalue weighted by molar-refractivity contribution is 6.02. The van der Waals surface area contributed by atoms with Gasteiger partial charge in [0.05, 0.1) is 6.61 Å². The minimum atomic E-state index is -0.136. The van der Waals surface area contributed by atoms with Crippen molar-refractivity contribution in [2.45, 2.75) is 20.8 Å². The molecular weight excluding hydrogens is 274 g/mol. The maximum Gasteiger partial charge on any atom is 0.248 e. The zero-order valence-corrected chi connectivity index (χ0v) is 13.2. The monoisotopic (exact) mass is 295 g/mol. The summed E-state index contributed by atoms with van der Waals surface area (Å²) in [6.07, 6.45) is 3.33. The zero-order chi connectivity index (χ0) is 15.9. The van der Waals surface area contributed by atoms with Crippen LogP contribution in [0.4, 0.5) is 5.69 Å². The Hall–Kier alpha value is -2.55. The van der Waals surface area contributed by atoms with E-state index in [1.165, 1.54) is 6.08 Å². The second-order valence-electron chi connectivity index (χ2n) is 5.07. The molecular formula is C19H21NO2. The van der Waals surface area contributed by atoms with Crippen LogP contribution in [0.1, 0.15) is 23.6 Å². The Morgan fingerprint density at radius 1 is 1.14 bits per heavy atom. The van der Waals surface area contributed by atoms with Crippen LogP contribution in [0.25, 0.3) is 6.08 Å². The summed E-state index contributed by atoms with van der Waals surface area (Å²) in [6.45, 7) is 6.63. The van der Waals surface area contributed by atoms with Crippen LogP contribution in [0.2, 0.25) is 0 Å². The molecule has 2 rings (SSSR count). The van der Waals surface area contributed by atoms with E-state index in [0.29, 0.717) is 6.61 Å². The number of ether oxygens (including phenoxy) is 1. The van der Waals surface area contributed by atoms with Gasteiger partial charge in [0.2, 0.25) is 5.91 Å². The topological polar surface area (TPSA) is 38.3 Å². The molecule has 0 heterocycles. The number of anilines is 1. The lowest BCUT2D eigenvalue weighted by Crippen LogP contribution is -2.09. The van der Waals surface area contributed by atoms with Gasteiger partial charge in [0, 0.05) is 11.8 Å². The molecule has 0 atom stereocenters. The standard InChI is InChI=1S/C19H21NO2/c1-4-22-17-11-8-16(9-12-17)10-13-19(21)20-18-7-5-6-14(2)15(18)3/h5-13H,4H2,1-3H3,(H,20,21)/b13-10+. The van der Waals surface area contributed by atoms with Crippen LogP contribution in [-0.2, 0) is 4.79 Å². The SMILES string of the molecule is CCOc1ccc(/C=C/C(=O)Nc2cccc(C)c2C)cc1. The van der Waals surface area contributed by atoms with Crippen LogP contribution in [0.5, 0.6) is 5.75 Å². The third-order valence-electron chi connectivity index (χ3n) is 3.48. The minimum absolute atomic E-state index is 0.136. The van der Waals surface area contributed by atoms with E-state index in [2.05, 4.69) is 5.32 Å². The molecule has 0 saturated heterocycles. The summed E-state index contributed by atoms with van der Waals surface area (Å²) >= 11 is 0. The summed E-state index contributed by atoms with van der Waals surface area (Å²) in [5.74, 6) is 0.696. The summed E-state index contributed by atoms with van der Waals surface area (Å²) < 4.78 is 5.39. The Morgan fingerprint density at radius 2 is 1.86 bits per heavy atom. The molecule has 1 amide bonds. The molecule has 0 aromatic heterocycles. The van der Waals surface area contributed by atoms with E-state index < -0.39 is 0 Å². The van der Waals surface area contributed by atoms with Crippen molar-refractivity contribution in [2.24, 2.45) is 0 Å². The van der Waals surface area contributed by atoms with Gasteiger partial charge in [-0.05, 0) is 61.7 Å². The fourth-order valence-electron chi connectivity index (χ4n) is 2.07. The number of hydrogen-bond acceptors (Lipinski definition) is 2. The number of benzene rings is 2. The van der Waals surface area contributed by atoms with Gasteiger partial charge in [0.15, 0.2) is 0 Å². The first-order valence-electron chi connectivity index (χ1n) is 7.38. The van der Waals surface area contributed by atoms with Crippen molar-refractivity contribution in [3.63, 3.8) is 0 Å². The lowest BCUT2D eigenvalue weighted by atomic mass is 10.1. The highest BCUT2D eigenvalue weighted by Crippen LogP contribution is 2.18. The molecule has 114 valence electrons. The molecule has 3 heteroatoms. The van der Waals surface area contributed by atoms with Gasteiger partial charge in [-0.3, -0.25) is 4.79 Å². The van der Waals surface area contributed by atoms with Gasteiger partial charge in [0.25, 0.3) is 0 Å². The van der Waals surface area contributed by atoms with Crippen molar-refractivity contribution in [3.8, 4) is 5.75 Å². The Balaban J connectivity index is 2.00. The summed E-state index contributed by atoms with van der Waals surface area (Å²) in [5, 5.41) is 2.90. The molecule has 3 nitrogen and oxygen atoms in total. The Bertz CT molecular complexity index is 672. The van der Waals surface area contributed by atoms with E-state index in [0.717, 1.165) is 28.1 Å². The molecule has 0 fully saturated rings. The molecule has 1 N–H and O–H groups in total. The zero-order valence-electron chi connectivity index (χ0n) is 13.2. The van der Waals surface area contributed by atoms with Crippen molar-refractivity contribution >= 4 is 17.7 Å². The first kappa shape index (κ1) is 15.8. The van der Waals surface area contributed by atoms with Crippen LogP contribution < -0.4 is 10.1 Å². The fraction of sp³-hybridized carbons (Fsp3) is 0.211. The van der Waals surface area contributed by atoms with Gasteiger partial charge < -0.3 is 10.1 Å². The number of hydrogen-bond donors (Lipinski definition) is 1. The fourth-order valence-corrected chi connectivity index (χ4v) is 2.07. The molecule has 0 saturated carbocycles. The van der Waals surface area contributed by atoms with E-state index in [-0.39, 0.29) is 5.91 Å². The third-order valence-corrected chi connectivity index (χ3v) is 3.48. The molecule has 22 heavy (non-hydrogen) atoms. The molecule has 0 unspecified atom stereocenters. The largest absolute Gasteiger partial charge is 0.494 e. The van der Waals surface area contributed by atoms with Crippen molar-refractivity contribution in [1.82, 2.24) is 0 Å². The van der Waals surface area contributed by atoms with E-state index in [4.69, 9.17) is 4.74 Å². The summed E-state index contributed by atoms with van der Waals surface area (Å²) in [7, 11) is 0. The molecule has 0 radical (unpaired) electrons. The predicted octanol–water partition coefficient (Wildman–Crippen LogP) is 4.35. The molecule has 2 aromatic carbocycles. The molecule has 0 bridgehead atoms. The molecule has 0 aliphatic rings. The highest BCUT2D eigenvalue weighted by Gasteiger charge is 2.03. The summed E-state index contributed by atoms with van der Waals surface area (Å²) in [6, 6.07) is 13.5. The minimum Gasteiger partial charge on any atom is -0.494 e. The number of amides is 1. The molecule has 2 aromatic rings. The van der Waals surface area contributed by atoms with Gasteiger partial charge in [-0.15, -0.1) is 0 Å². The van der Waals surface area contributed by atoms with Crippen molar-refractivity contribution in [3.05, 3.63) is 65.2 Å². The second-order valence-corrected chi connectivity index (χ2v) is 5.07. The number of aryl methyl sites for hydroxylation is 1. The average molecular weight is 295 g/mol. The smallest absolute Gasteiger partial charge is 0.248 e. The normalized spacial score (nSPS) is 10.7. The van der Waals surface area contributed by atoms with Gasteiger partial charge in [-0.25, -0.2) is 0 Å². The van der Waals surface area contributed by atoms with Crippen molar-refractivity contribution < 1.29 is 9.53 Å². The quantitative estimate of drug-likeness (QED) is 0.833. The third kappa shape index (κ3) is 4.22. The second kappa shape index (κ2) is 7.46. The van der Waals surface area contributed by atoms with E-state index >= 15 is 0 Å². The first-order chi connectivity index (χ1) is 10.6. The van der Waals surface area contributed by atoms with E-state index in [9.17, 15) is 4.79 Å². The van der Waals surface area contributed by atoms with Gasteiger partial charge in [0.1, 0.15) is 5.75 Å². The number of rotatable bonds is 5. The van der Waals surface area contributed by atoms with Crippen LogP contribution >= 0.6 is 0 Å². The van der Waals surface area contributed by atoms with Crippen molar-refractivity contribution in [2.75, 3.05) is 11.9 Å². The Labute approximate surface area is 131 Å². The summed E-state index contributed by atoms with van der Waals surface area (Å²) in [5.41, 5.74) is 4.06.